The molecule has 2 aromatic rings. The summed E-state index contributed by atoms with van der Waals surface area (Å²) in [6, 6.07) is 9.29. The molecule has 1 aromatic carbocycles. The Morgan fingerprint density at radius 2 is 2.14 bits per heavy atom. The summed E-state index contributed by atoms with van der Waals surface area (Å²) >= 11 is 9.13. The van der Waals surface area contributed by atoms with Crippen molar-refractivity contribution in [3.05, 3.63) is 57.3 Å². The first kappa shape index (κ1) is 15.9. The van der Waals surface area contributed by atoms with Crippen LogP contribution in [0.4, 0.5) is 5.69 Å². The van der Waals surface area contributed by atoms with Crippen LogP contribution in [0, 0.1) is 0 Å². The van der Waals surface area contributed by atoms with E-state index in [1.54, 1.807) is 6.07 Å². The number of nitrogens with one attached hydrogen (secondary N) is 2. The van der Waals surface area contributed by atoms with Crippen LogP contribution in [0.3, 0.4) is 0 Å². The summed E-state index contributed by atoms with van der Waals surface area (Å²) in [6.07, 6.45) is 2.32. The van der Waals surface area contributed by atoms with Crippen molar-refractivity contribution in [2.45, 2.75) is 6.42 Å². The number of carbonyl (C=O) groups excluding carboxylic acids is 1. The highest BCUT2D eigenvalue weighted by atomic mass is 79.9. The molecule has 0 aliphatic carbocycles. The highest BCUT2D eigenvalue weighted by Gasteiger charge is 2.11. The Morgan fingerprint density at radius 1 is 1.38 bits per heavy atom. The van der Waals surface area contributed by atoms with E-state index in [0.29, 0.717) is 20.9 Å². The second-order valence-corrected chi connectivity index (χ2v) is 5.67. The number of hydrogen-bond donors (Lipinski definition) is 2. The van der Waals surface area contributed by atoms with E-state index >= 15 is 0 Å². The smallest absolute Gasteiger partial charge is 0.255 e. The summed E-state index contributed by atoms with van der Waals surface area (Å²) in [7, 11) is 1.89. The first-order chi connectivity index (χ1) is 10.1. The Kier molecular flexibility index (Phi) is 5.73. The standard InChI is InChI=1S/C15H15BrClN3O/c1-18-7-6-10-4-2-3-5-12(10)15(21)20-11-8-13(16)14(17)19-9-11/h2-5,8-9,18H,6-7H2,1H3,(H,20,21). The van der Waals surface area contributed by atoms with E-state index in [2.05, 4.69) is 31.5 Å². The fraction of sp³-hybridized carbons (Fsp3) is 0.200. The van der Waals surface area contributed by atoms with Gasteiger partial charge in [0.1, 0.15) is 5.15 Å². The molecule has 4 nitrogen and oxygen atoms in total. The van der Waals surface area contributed by atoms with Gasteiger partial charge in [-0.25, -0.2) is 4.98 Å². The Balaban J connectivity index is 2.18. The third-order valence-corrected chi connectivity index (χ3v) is 4.09. The molecule has 2 N–H and O–H groups in total. The number of halogens is 2. The van der Waals surface area contributed by atoms with Crippen LogP contribution >= 0.6 is 27.5 Å². The van der Waals surface area contributed by atoms with Gasteiger partial charge in [-0.1, -0.05) is 29.8 Å². The molecule has 0 aliphatic heterocycles. The molecule has 0 aliphatic rings. The van der Waals surface area contributed by atoms with Crippen LogP contribution in [0.5, 0.6) is 0 Å². The summed E-state index contributed by atoms with van der Waals surface area (Å²) in [5.41, 5.74) is 2.27. The largest absolute Gasteiger partial charge is 0.321 e. The number of carbonyl (C=O) groups is 1. The maximum Gasteiger partial charge on any atom is 0.255 e. The lowest BCUT2D eigenvalue weighted by atomic mass is 10.0. The zero-order valence-corrected chi connectivity index (χ0v) is 13.8. The molecular formula is C15H15BrClN3O. The zero-order valence-electron chi connectivity index (χ0n) is 11.5. The lowest BCUT2D eigenvalue weighted by Crippen LogP contribution is -2.17. The molecule has 1 aromatic heterocycles. The average Bonchev–Trinajstić information content (AvgIpc) is 2.49. The number of benzene rings is 1. The van der Waals surface area contributed by atoms with Gasteiger partial charge in [-0.15, -0.1) is 0 Å². The summed E-state index contributed by atoms with van der Waals surface area (Å²) in [4.78, 5) is 16.4. The molecule has 0 fully saturated rings. The van der Waals surface area contributed by atoms with Crippen LogP contribution in [0.25, 0.3) is 0 Å². The predicted molar refractivity (Wildman–Crippen MR) is 89.0 cm³/mol. The Bertz CT molecular complexity index is 649. The summed E-state index contributed by atoms with van der Waals surface area (Å²) in [6.45, 7) is 0.818. The third-order valence-electron chi connectivity index (χ3n) is 2.96. The molecule has 0 saturated carbocycles. The van der Waals surface area contributed by atoms with Crippen molar-refractivity contribution in [2.75, 3.05) is 18.9 Å². The Labute approximate surface area is 137 Å². The van der Waals surface area contributed by atoms with Crippen molar-refractivity contribution >= 4 is 39.1 Å². The minimum absolute atomic E-state index is 0.155. The van der Waals surface area contributed by atoms with Gasteiger partial charge in [0.25, 0.3) is 5.91 Å². The van der Waals surface area contributed by atoms with E-state index in [1.165, 1.54) is 6.20 Å². The van der Waals surface area contributed by atoms with E-state index in [0.717, 1.165) is 18.5 Å². The fourth-order valence-corrected chi connectivity index (χ4v) is 2.36. The summed E-state index contributed by atoms with van der Waals surface area (Å²) < 4.78 is 0.644. The number of likely N-dealkylation sites (N-methyl/N-ethyl adjacent to an activating group) is 1. The lowest BCUT2D eigenvalue weighted by molar-refractivity contribution is 0.102. The van der Waals surface area contributed by atoms with Crippen LogP contribution in [0.15, 0.2) is 41.0 Å². The minimum atomic E-state index is -0.155. The average molecular weight is 369 g/mol. The molecule has 0 spiro atoms. The first-order valence-electron chi connectivity index (χ1n) is 6.46. The topological polar surface area (TPSA) is 54.0 Å². The molecule has 1 amide bonds. The minimum Gasteiger partial charge on any atom is -0.321 e. The highest BCUT2D eigenvalue weighted by Crippen LogP contribution is 2.23. The fourth-order valence-electron chi connectivity index (χ4n) is 1.91. The van der Waals surface area contributed by atoms with Gasteiger partial charge in [0.05, 0.1) is 16.4 Å². The van der Waals surface area contributed by atoms with Crippen molar-refractivity contribution < 1.29 is 4.79 Å². The van der Waals surface area contributed by atoms with Gasteiger partial charge in [-0.3, -0.25) is 4.79 Å². The summed E-state index contributed by atoms with van der Waals surface area (Å²) in [5, 5.41) is 6.28. The number of nitrogens with zero attached hydrogens (tertiary/aromatic N) is 1. The molecule has 1 heterocycles. The molecule has 110 valence electrons. The number of rotatable bonds is 5. The van der Waals surface area contributed by atoms with E-state index < -0.39 is 0 Å². The zero-order chi connectivity index (χ0) is 15.2. The van der Waals surface area contributed by atoms with Gasteiger partial charge in [-0.2, -0.15) is 0 Å². The lowest BCUT2D eigenvalue weighted by Gasteiger charge is -2.10. The quantitative estimate of drug-likeness (QED) is 0.794. The number of anilines is 1. The highest BCUT2D eigenvalue weighted by molar-refractivity contribution is 9.10. The molecule has 0 bridgehead atoms. The summed E-state index contributed by atoms with van der Waals surface area (Å²) in [5.74, 6) is -0.155. The van der Waals surface area contributed by atoms with Gasteiger partial charge in [0.15, 0.2) is 0 Å². The van der Waals surface area contributed by atoms with Crippen molar-refractivity contribution in [1.29, 1.82) is 0 Å². The Morgan fingerprint density at radius 3 is 2.86 bits per heavy atom. The molecule has 6 heteroatoms. The normalized spacial score (nSPS) is 10.4. The van der Waals surface area contributed by atoms with E-state index in [-0.39, 0.29) is 5.91 Å². The van der Waals surface area contributed by atoms with Crippen molar-refractivity contribution in [2.24, 2.45) is 0 Å². The van der Waals surface area contributed by atoms with E-state index in [1.807, 2.05) is 31.3 Å². The maximum atomic E-state index is 12.4. The molecule has 21 heavy (non-hydrogen) atoms. The third kappa shape index (κ3) is 4.27. The van der Waals surface area contributed by atoms with Crippen LogP contribution in [-0.2, 0) is 6.42 Å². The van der Waals surface area contributed by atoms with E-state index in [9.17, 15) is 4.79 Å². The van der Waals surface area contributed by atoms with Crippen LogP contribution < -0.4 is 10.6 Å². The molecule has 0 unspecified atom stereocenters. The molecule has 0 saturated heterocycles. The van der Waals surface area contributed by atoms with E-state index in [4.69, 9.17) is 11.6 Å². The van der Waals surface area contributed by atoms with Crippen LogP contribution in [0.1, 0.15) is 15.9 Å². The number of hydrogen-bond acceptors (Lipinski definition) is 3. The van der Waals surface area contributed by atoms with Gasteiger partial charge >= 0.3 is 0 Å². The molecule has 2 rings (SSSR count). The number of amides is 1. The van der Waals surface area contributed by atoms with Crippen molar-refractivity contribution in [3.63, 3.8) is 0 Å². The number of aromatic nitrogens is 1. The molecule has 0 radical (unpaired) electrons. The predicted octanol–water partition coefficient (Wildman–Crippen LogP) is 3.51. The van der Waals surface area contributed by atoms with Crippen molar-refractivity contribution in [3.8, 4) is 0 Å². The molecular weight excluding hydrogens is 354 g/mol. The maximum absolute atomic E-state index is 12.4. The van der Waals surface area contributed by atoms with Gasteiger partial charge < -0.3 is 10.6 Å². The Hall–Kier alpha value is -1.43. The SMILES string of the molecule is CNCCc1ccccc1C(=O)Nc1cnc(Cl)c(Br)c1. The van der Waals surface area contributed by atoms with Crippen LogP contribution in [0.2, 0.25) is 5.15 Å². The second kappa shape index (κ2) is 7.54. The second-order valence-electron chi connectivity index (χ2n) is 4.46. The van der Waals surface area contributed by atoms with Crippen molar-refractivity contribution in [1.82, 2.24) is 10.3 Å². The van der Waals surface area contributed by atoms with Gasteiger partial charge in [0, 0.05) is 5.56 Å². The van der Waals surface area contributed by atoms with Gasteiger partial charge in [-0.05, 0) is 53.6 Å². The van der Waals surface area contributed by atoms with Gasteiger partial charge in [0.2, 0.25) is 0 Å². The monoisotopic (exact) mass is 367 g/mol. The van der Waals surface area contributed by atoms with Crippen LogP contribution in [-0.4, -0.2) is 24.5 Å². The molecule has 0 atom stereocenters. The number of pyridine rings is 1. The first-order valence-corrected chi connectivity index (χ1v) is 7.64.